The van der Waals surface area contributed by atoms with Gasteiger partial charge in [0.15, 0.2) is 0 Å². The summed E-state index contributed by atoms with van der Waals surface area (Å²) in [6.45, 7) is 0. The van der Waals surface area contributed by atoms with Gasteiger partial charge in [0.1, 0.15) is 11.6 Å². The first kappa shape index (κ1) is 17.4. The molecule has 0 radical (unpaired) electrons. The molecule has 26 heavy (non-hydrogen) atoms. The number of hydrogen-bond acceptors (Lipinski definition) is 4. The zero-order valence-electron chi connectivity index (χ0n) is 14.5. The molecule has 0 aliphatic heterocycles. The molecule has 0 fully saturated rings. The lowest BCUT2D eigenvalue weighted by Crippen LogP contribution is -2.14. The first-order valence-corrected chi connectivity index (χ1v) is 8.09. The van der Waals surface area contributed by atoms with Gasteiger partial charge in [-0.2, -0.15) is 0 Å². The number of aromatic nitrogens is 1. The number of nitrogens with zero attached hydrogens (tertiary/aromatic N) is 2. The van der Waals surface area contributed by atoms with E-state index in [0.29, 0.717) is 5.82 Å². The third-order valence-corrected chi connectivity index (χ3v) is 3.80. The molecule has 0 bridgehead atoms. The summed E-state index contributed by atoms with van der Waals surface area (Å²) >= 11 is 0. The lowest BCUT2D eigenvalue weighted by Gasteiger charge is -2.13. The summed E-state index contributed by atoms with van der Waals surface area (Å²) in [5.41, 5.74) is 2.81. The summed E-state index contributed by atoms with van der Waals surface area (Å²) in [6.07, 6.45) is 1.61. The maximum Gasteiger partial charge on any atom is 0.259 e. The number of amides is 1. The van der Waals surface area contributed by atoms with Crippen molar-refractivity contribution >= 4 is 28.8 Å². The largest absolute Gasteiger partial charge is 0.378 e. The van der Waals surface area contributed by atoms with Crippen molar-refractivity contribution in [3.8, 4) is 0 Å². The van der Waals surface area contributed by atoms with Crippen LogP contribution in [-0.2, 0) is 0 Å². The number of anilines is 4. The van der Waals surface area contributed by atoms with Gasteiger partial charge in [-0.25, -0.2) is 9.37 Å². The van der Waals surface area contributed by atoms with E-state index in [0.717, 1.165) is 17.1 Å². The molecular formula is C20H19FN4O. The van der Waals surface area contributed by atoms with Crippen LogP contribution in [0.4, 0.5) is 27.3 Å². The van der Waals surface area contributed by atoms with E-state index in [1.807, 2.05) is 43.3 Å². The Kier molecular flexibility index (Phi) is 5.12. The van der Waals surface area contributed by atoms with Gasteiger partial charge in [0.25, 0.3) is 5.91 Å². The van der Waals surface area contributed by atoms with Crippen molar-refractivity contribution in [2.75, 3.05) is 29.6 Å². The molecular weight excluding hydrogens is 331 g/mol. The monoisotopic (exact) mass is 350 g/mol. The molecule has 6 heteroatoms. The minimum atomic E-state index is -0.565. The Hall–Kier alpha value is -3.41. The average Bonchev–Trinajstić information content (AvgIpc) is 2.64. The SMILES string of the molecule is CN(C)c1ccc(Nc2ccc(NC(=O)c3ccccc3F)nc2)cc1. The number of pyridine rings is 1. The fourth-order valence-electron chi connectivity index (χ4n) is 2.38. The highest BCUT2D eigenvalue weighted by Crippen LogP contribution is 2.20. The number of carbonyl (C=O) groups is 1. The van der Waals surface area contributed by atoms with Crippen LogP contribution >= 0.6 is 0 Å². The van der Waals surface area contributed by atoms with E-state index < -0.39 is 11.7 Å². The lowest BCUT2D eigenvalue weighted by molar-refractivity contribution is 0.102. The second-order valence-electron chi connectivity index (χ2n) is 5.93. The third kappa shape index (κ3) is 4.16. The second kappa shape index (κ2) is 7.65. The van der Waals surface area contributed by atoms with E-state index in [-0.39, 0.29) is 5.56 Å². The van der Waals surface area contributed by atoms with E-state index in [9.17, 15) is 9.18 Å². The van der Waals surface area contributed by atoms with Gasteiger partial charge in [-0.15, -0.1) is 0 Å². The molecule has 0 aliphatic carbocycles. The van der Waals surface area contributed by atoms with Crippen molar-refractivity contribution in [2.45, 2.75) is 0 Å². The number of benzene rings is 2. The minimum Gasteiger partial charge on any atom is -0.378 e. The molecule has 1 aromatic heterocycles. The van der Waals surface area contributed by atoms with Crippen LogP contribution in [0.15, 0.2) is 66.9 Å². The van der Waals surface area contributed by atoms with Gasteiger partial charge in [0.05, 0.1) is 17.4 Å². The predicted molar refractivity (Wildman–Crippen MR) is 103 cm³/mol. The van der Waals surface area contributed by atoms with Gasteiger partial charge < -0.3 is 15.5 Å². The molecule has 2 N–H and O–H groups in total. The maximum atomic E-state index is 13.6. The van der Waals surface area contributed by atoms with Crippen molar-refractivity contribution in [3.05, 3.63) is 78.2 Å². The molecule has 0 saturated heterocycles. The standard InChI is InChI=1S/C20H19FN4O/c1-25(2)16-10-7-14(8-11-16)23-15-9-12-19(22-13-15)24-20(26)17-5-3-4-6-18(17)21/h3-13,23H,1-2H3,(H,22,24,26). The summed E-state index contributed by atoms with van der Waals surface area (Å²) in [5.74, 6) is -0.744. The molecule has 0 aliphatic rings. The maximum absolute atomic E-state index is 13.6. The number of carbonyl (C=O) groups excluding carboxylic acids is 1. The van der Waals surface area contributed by atoms with Crippen molar-refractivity contribution in [1.82, 2.24) is 4.98 Å². The van der Waals surface area contributed by atoms with Crippen molar-refractivity contribution < 1.29 is 9.18 Å². The summed E-state index contributed by atoms with van der Waals surface area (Å²) in [4.78, 5) is 18.3. The molecule has 0 atom stereocenters. The third-order valence-electron chi connectivity index (χ3n) is 3.80. The van der Waals surface area contributed by atoms with Crippen LogP contribution in [0, 0.1) is 5.82 Å². The highest BCUT2D eigenvalue weighted by atomic mass is 19.1. The van der Waals surface area contributed by atoms with E-state index in [2.05, 4.69) is 15.6 Å². The van der Waals surface area contributed by atoms with Gasteiger partial charge >= 0.3 is 0 Å². The highest BCUT2D eigenvalue weighted by molar-refractivity contribution is 6.03. The first-order valence-electron chi connectivity index (χ1n) is 8.09. The highest BCUT2D eigenvalue weighted by Gasteiger charge is 2.11. The topological polar surface area (TPSA) is 57.3 Å². The van der Waals surface area contributed by atoms with Gasteiger partial charge in [0.2, 0.25) is 0 Å². The van der Waals surface area contributed by atoms with Crippen molar-refractivity contribution in [1.29, 1.82) is 0 Å². The van der Waals surface area contributed by atoms with Crippen LogP contribution in [0.5, 0.6) is 0 Å². The van der Waals surface area contributed by atoms with Gasteiger partial charge in [0, 0.05) is 25.5 Å². The Morgan fingerprint density at radius 1 is 0.962 bits per heavy atom. The Bertz CT molecular complexity index is 892. The molecule has 0 saturated carbocycles. The fourth-order valence-corrected chi connectivity index (χ4v) is 2.38. The normalized spacial score (nSPS) is 10.3. The minimum absolute atomic E-state index is 0.0162. The molecule has 2 aromatic carbocycles. The molecule has 132 valence electrons. The van der Waals surface area contributed by atoms with Crippen LogP contribution in [0.3, 0.4) is 0 Å². The van der Waals surface area contributed by atoms with Crippen molar-refractivity contribution in [3.63, 3.8) is 0 Å². The van der Waals surface area contributed by atoms with E-state index >= 15 is 0 Å². The van der Waals surface area contributed by atoms with Crippen LogP contribution in [-0.4, -0.2) is 25.0 Å². The Balaban J connectivity index is 1.65. The zero-order valence-corrected chi connectivity index (χ0v) is 14.5. The summed E-state index contributed by atoms with van der Waals surface area (Å²) in [6, 6.07) is 17.3. The summed E-state index contributed by atoms with van der Waals surface area (Å²) in [7, 11) is 3.97. The van der Waals surface area contributed by atoms with Gasteiger partial charge in [-0.05, 0) is 48.5 Å². The molecule has 1 amide bonds. The number of nitrogens with one attached hydrogen (secondary N) is 2. The molecule has 0 unspecified atom stereocenters. The van der Waals surface area contributed by atoms with Gasteiger partial charge in [-0.1, -0.05) is 12.1 Å². The Morgan fingerprint density at radius 3 is 2.27 bits per heavy atom. The molecule has 3 aromatic rings. The second-order valence-corrected chi connectivity index (χ2v) is 5.93. The molecule has 3 rings (SSSR count). The van der Waals surface area contributed by atoms with Crippen LogP contribution in [0.2, 0.25) is 0 Å². The van der Waals surface area contributed by atoms with Crippen molar-refractivity contribution in [2.24, 2.45) is 0 Å². The van der Waals surface area contributed by atoms with Crippen LogP contribution in [0.1, 0.15) is 10.4 Å². The van der Waals surface area contributed by atoms with E-state index in [1.54, 1.807) is 24.4 Å². The Morgan fingerprint density at radius 2 is 1.65 bits per heavy atom. The summed E-state index contributed by atoms with van der Waals surface area (Å²) < 4.78 is 13.6. The summed E-state index contributed by atoms with van der Waals surface area (Å²) in [5, 5.41) is 5.82. The smallest absolute Gasteiger partial charge is 0.259 e. The zero-order chi connectivity index (χ0) is 18.5. The molecule has 5 nitrogen and oxygen atoms in total. The van der Waals surface area contributed by atoms with Gasteiger partial charge in [-0.3, -0.25) is 4.79 Å². The van der Waals surface area contributed by atoms with Crippen LogP contribution in [0.25, 0.3) is 0 Å². The fraction of sp³-hybridized carbons (Fsp3) is 0.100. The number of rotatable bonds is 5. The molecule has 1 heterocycles. The van der Waals surface area contributed by atoms with Crippen LogP contribution < -0.4 is 15.5 Å². The number of halogens is 1. The molecule has 0 spiro atoms. The number of hydrogen-bond donors (Lipinski definition) is 2. The lowest BCUT2D eigenvalue weighted by atomic mass is 10.2. The Labute approximate surface area is 151 Å². The average molecular weight is 350 g/mol. The van der Waals surface area contributed by atoms with E-state index in [1.165, 1.54) is 18.2 Å². The first-order chi connectivity index (χ1) is 12.5. The predicted octanol–water partition coefficient (Wildman–Crippen LogP) is 4.28. The van der Waals surface area contributed by atoms with E-state index in [4.69, 9.17) is 0 Å². The quantitative estimate of drug-likeness (QED) is 0.721.